The molecule has 1 atom stereocenters. The number of fused-ring (bicyclic) bond motifs is 2. The van der Waals surface area contributed by atoms with Crippen LogP contribution in [0.25, 0.3) is 0 Å². The van der Waals surface area contributed by atoms with Crippen molar-refractivity contribution in [1.82, 2.24) is 0 Å². The van der Waals surface area contributed by atoms with E-state index in [1.807, 2.05) is 12.1 Å². The van der Waals surface area contributed by atoms with Gasteiger partial charge in [0, 0.05) is 5.56 Å². The molecule has 4 heteroatoms. The first-order valence-electron chi connectivity index (χ1n) is 5.48. The highest BCUT2D eigenvalue weighted by Gasteiger charge is 2.33. The van der Waals surface area contributed by atoms with E-state index in [0.29, 0.717) is 0 Å². The standard InChI is InChI=1S/C12H16NO3/c1-13(2)5-8-3-11-12(16-7-15-11)4-9(8)10(14)6-13/h3-4,10,14H,5-7H2,1-2H3/q+1. The molecule has 2 aliphatic heterocycles. The molecule has 0 aromatic heterocycles. The minimum Gasteiger partial charge on any atom is -0.454 e. The minimum atomic E-state index is -0.409. The van der Waals surface area contributed by atoms with E-state index in [2.05, 4.69) is 14.1 Å². The number of quaternary nitrogens is 1. The van der Waals surface area contributed by atoms with Crippen LogP contribution in [0.2, 0.25) is 0 Å². The quantitative estimate of drug-likeness (QED) is 0.667. The average molecular weight is 222 g/mol. The highest BCUT2D eigenvalue weighted by atomic mass is 16.7. The van der Waals surface area contributed by atoms with Crippen LogP contribution in [0.15, 0.2) is 12.1 Å². The first-order valence-corrected chi connectivity index (χ1v) is 5.48. The monoisotopic (exact) mass is 222 g/mol. The molecular formula is C12H16NO3+. The van der Waals surface area contributed by atoms with Gasteiger partial charge >= 0.3 is 0 Å². The van der Waals surface area contributed by atoms with E-state index >= 15 is 0 Å². The van der Waals surface area contributed by atoms with E-state index in [0.717, 1.165) is 40.2 Å². The third kappa shape index (κ3) is 1.45. The fraction of sp³-hybridized carbons (Fsp3) is 0.500. The van der Waals surface area contributed by atoms with Gasteiger partial charge in [-0.1, -0.05) is 0 Å². The summed E-state index contributed by atoms with van der Waals surface area (Å²) in [5, 5.41) is 10.1. The van der Waals surface area contributed by atoms with E-state index in [1.54, 1.807) is 0 Å². The molecule has 86 valence electrons. The molecule has 1 unspecified atom stereocenters. The van der Waals surface area contributed by atoms with E-state index in [9.17, 15) is 5.11 Å². The van der Waals surface area contributed by atoms with Crippen LogP contribution in [0.5, 0.6) is 11.5 Å². The second-order valence-corrected chi connectivity index (χ2v) is 5.20. The predicted octanol–water partition coefficient (Wildman–Crippen LogP) is 1.04. The molecule has 1 aromatic rings. The Kier molecular flexibility index (Phi) is 1.94. The summed E-state index contributed by atoms with van der Waals surface area (Å²) in [4.78, 5) is 0. The Labute approximate surface area is 94.6 Å². The molecule has 16 heavy (non-hydrogen) atoms. The van der Waals surface area contributed by atoms with Crippen molar-refractivity contribution in [3.8, 4) is 11.5 Å². The fourth-order valence-electron chi connectivity index (χ4n) is 2.54. The Balaban J connectivity index is 2.09. The van der Waals surface area contributed by atoms with Gasteiger partial charge in [-0.2, -0.15) is 0 Å². The van der Waals surface area contributed by atoms with E-state index < -0.39 is 6.10 Å². The molecule has 0 aliphatic carbocycles. The lowest BCUT2D eigenvalue weighted by Crippen LogP contribution is -2.45. The van der Waals surface area contributed by atoms with Gasteiger partial charge in [-0.15, -0.1) is 0 Å². The number of nitrogens with zero attached hydrogens (tertiary/aromatic N) is 1. The van der Waals surface area contributed by atoms with Crippen molar-refractivity contribution in [2.45, 2.75) is 12.6 Å². The van der Waals surface area contributed by atoms with Crippen LogP contribution < -0.4 is 9.47 Å². The minimum absolute atomic E-state index is 0.284. The smallest absolute Gasteiger partial charge is 0.231 e. The van der Waals surface area contributed by atoms with Crippen molar-refractivity contribution in [3.63, 3.8) is 0 Å². The number of aliphatic hydroxyl groups excluding tert-OH is 1. The first-order chi connectivity index (χ1) is 7.55. The summed E-state index contributed by atoms with van der Waals surface area (Å²) in [6.45, 7) is 1.95. The number of rotatable bonds is 0. The molecule has 1 aromatic carbocycles. The fourth-order valence-corrected chi connectivity index (χ4v) is 2.54. The maximum absolute atomic E-state index is 10.1. The zero-order valence-corrected chi connectivity index (χ0v) is 9.56. The molecule has 0 saturated heterocycles. The highest BCUT2D eigenvalue weighted by Crippen LogP contribution is 2.40. The normalized spacial score (nSPS) is 25.3. The van der Waals surface area contributed by atoms with Crippen LogP contribution in [-0.2, 0) is 6.54 Å². The summed E-state index contributed by atoms with van der Waals surface area (Å²) < 4.78 is 11.5. The predicted molar refractivity (Wildman–Crippen MR) is 58.2 cm³/mol. The van der Waals surface area contributed by atoms with Crippen molar-refractivity contribution in [3.05, 3.63) is 23.3 Å². The summed E-state index contributed by atoms with van der Waals surface area (Å²) in [5.41, 5.74) is 2.15. The third-order valence-corrected chi connectivity index (χ3v) is 3.26. The summed E-state index contributed by atoms with van der Waals surface area (Å²) in [7, 11) is 4.24. The molecule has 4 nitrogen and oxygen atoms in total. The summed E-state index contributed by atoms with van der Waals surface area (Å²) in [6.07, 6.45) is -0.409. The highest BCUT2D eigenvalue weighted by molar-refractivity contribution is 5.49. The van der Waals surface area contributed by atoms with E-state index in [4.69, 9.17) is 9.47 Å². The molecule has 0 bridgehead atoms. The van der Waals surface area contributed by atoms with Gasteiger partial charge < -0.3 is 19.1 Å². The van der Waals surface area contributed by atoms with Gasteiger partial charge in [0.1, 0.15) is 19.2 Å². The van der Waals surface area contributed by atoms with Crippen molar-refractivity contribution in [1.29, 1.82) is 0 Å². The topological polar surface area (TPSA) is 38.7 Å². The molecule has 3 rings (SSSR count). The van der Waals surface area contributed by atoms with E-state index in [1.165, 1.54) is 0 Å². The van der Waals surface area contributed by atoms with Crippen LogP contribution in [0.4, 0.5) is 0 Å². The summed E-state index contributed by atoms with van der Waals surface area (Å²) >= 11 is 0. The molecule has 0 amide bonds. The van der Waals surface area contributed by atoms with Crippen LogP contribution in [0, 0.1) is 0 Å². The molecule has 0 radical (unpaired) electrons. The Morgan fingerprint density at radius 1 is 1.25 bits per heavy atom. The lowest BCUT2D eigenvalue weighted by Gasteiger charge is -2.37. The number of aliphatic hydroxyl groups is 1. The number of hydrogen-bond acceptors (Lipinski definition) is 3. The van der Waals surface area contributed by atoms with Crippen molar-refractivity contribution < 1.29 is 19.1 Å². The van der Waals surface area contributed by atoms with Gasteiger partial charge in [0.25, 0.3) is 0 Å². The maximum Gasteiger partial charge on any atom is 0.231 e. The van der Waals surface area contributed by atoms with Crippen molar-refractivity contribution >= 4 is 0 Å². The molecule has 0 saturated carbocycles. The number of ether oxygens (including phenoxy) is 2. The Hall–Kier alpha value is -1.26. The third-order valence-electron chi connectivity index (χ3n) is 3.26. The van der Waals surface area contributed by atoms with Crippen LogP contribution >= 0.6 is 0 Å². The Morgan fingerprint density at radius 3 is 2.69 bits per heavy atom. The zero-order chi connectivity index (χ0) is 11.3. The van der Waals surface area contributed by atoms with Gasteiger partial charge in [0.2, 0.25) is 6.79 Å². The van der Waals surface area contributed by atoms with Gasteiger partial charge in [0.05, 0.1) is 14.1 Å². The molecule has 2 aliphatic rings. The number of likely N-dealkylation sites (N-methyl/N-ethyl adjacent to an activating group) is 1. The number of benzene rings is 1. The Morgan fingerprint density at radius 2 is 1.94 bits per heavy atom. The van der Waals surface area contributed by atoms with Crippen LogP contribution in [0.3, 0.4) is 0 Å². The van der Waals surface area contributed by atoms with Crippen molar-refractivity contribution in [2.75, 3.05) is 27.4 Å². The first kappa shape index (κ1) is 9.93. The second-order valence-electron chi connectivity index (χ2n) is 5.20. The summed E-state index contributed by atoms with van der Waals surface area (Å²) in [5.74, 6) is 1.55. The van der Waals surface area contributed by atoms with Gasteiger partial charge in [0.15, 0.2) is 11.5 Å². The zero-order valence-electron chi connectivity index (χ0n) is 9.56. The summed E-state index contributed by atoms with van der Waals surface area (Å²) in [6, 6.07) is 3.92. The second kappa shape index (κ2) is 3.12. The maximum atomic E-state index is 10.1. The molecule has 0 fully saturated rings. The lowest BCUT2D eigenvalue weighted by molar-refractivity contribution is -0.909. The van der Waals surface area contributed by atoms with Crippen LogP contribution in [0.1, 0.15) is 17.2 Å². The largest absolute Gasteiger partial charge is 0.454 e. The SMILES string of the molecule is C[N+]1(C)Cc2cc3c(cc2C(O)C1)OCO3. The van der Waals surface area contributed by atoms with Crippen LogP contribution in [-0.4, -0.2) is 37.0 Å². The average Bonchev–Trinajstić information content (AvgIpc) is 2.60. The number of hydrogen-bond donors (Lipinski definition) is 1. The Bertz CT molecular complexity index is 442. The van der Waals surface area contributed by atoms with Gasteiger partial charge in [-0.25, -0.2) is 0 Å². The van der Waals surface area contributed by atoms with Gasteiger partial charge in [-0.05, 0) is 17.7 Å². The van der Waals surface area contributed by atoms with Gasteiger partial charge in [-0.3, -0.25) is 0 Å². The molecular weight excluding hydrogens is 206 g/mol. The van der Waals surface area contributed by atoms with E-state index in [-0.39, 0.29) is 6.79 Å². The lowest BCUT2D eigenvalue weighted by atomic mass is 9.95. The van der Waals surface area contributed by atoms with Crippen molar-refractivity contribution in [2.24, 2.45) is 0 Å². The molecule has 0 spiro atoms. The molecule has 2 heterocycles. The molecule has 1 N–H and O–H groups in total.